The maximum Gasteiger partial charge on any atom is 0.229 e. The van der Waals surface area contributed by atoms with Crippen LogP contribution in [0.15, 0.2) is 18.5 Å². The van der Waals surface area contributed by atoms with Crippen molar-refractivity contribution in [3.05, 3.63) is 18.5 Å². The molecule has 2 saturated heterocycles. The number of hydrogen-bond donors (Lipinski definition) is 1. The van der Waals surface area contributed by atoms with Crippen LogP contribution >= 0.6 is 0 Å². The molecule has 0 aromatic carbocycles. The first-order chi connectivity index (χ1) is 11.6. The summed E-state index contributed by atoms with van der Waals surface area (Å²) in [6.07, 6.45) is 6.67. The van der Waals surface area contributed by atoms with E-state index < -0.39 is 0 Å². The molecular weight excluding hydrogens is 302 g/mol. The fourth-order valence-electron chi connectivity index (χ4n) is 4.23. The zero-order valence-electron chi connectivity index (χ0n) is 15.0. The number of carbonyl (C=O) groups excluding carboxylic acids is 1. The Morgan fingerprint density at radius 1 is 1.42 bits per heavy atom. The summed E-state index contributed by atoms with van der Waals surface area (Å²) in [5, 5.41) is 2.92. The Balaban J connectivity index is 1.87. The van der Waals surface area contributed by atoms with E-state index in [9.17, 15) is 4.79 Å². The van der Waals surface area contributed by atoms with Crippen molar-refractivity contribution in [1.29, 1.82) is 0 Å². The monoisotopic (exact) mass is 331 g/mol. The minimum absolute atomic E-state index is 0.153. The highest BCUT2D eigenvalue weighted by atomic mass is 16.2. The lowest BCUT2D eigenvalue weighted by atomic mass is 9.74. The summed E-state index contributed by atoms with van der Waals surface area (Å²) in [6, 6.07) is 1.99. The minimum atomic E-state index is -0.344. The molecule has 2 aliphatic rings. The molecule has 0 unspecified atom stereocenters. The molecule has 0 bridgehead atoms. The zero-order chi connectivity index (χ0) is 17.2. The standard InChI is InChI=1S/C18H29N5O/c1-14(2)6-11-22-12-15-18(13-22,16(24)19-3)7-4-10-23(15)17-20-8-5-9-21-17/h5,8-9,14-15H,4,6-7,10-13H2,1-3H3,(H,19,24)/t15-,18-/m1/s1. The quantitative estimate of drug-likeness (QED) is 0.887. The second-order valence-electron chi connectivity index (χ2n) is 7.51. The number of hydrogen-bond acceptors (Lipinski definition) is 5. The zero-order valence-corrected chi connectivity index (χ0v) is 15.0. The number of nitrogens with one attached hydrogen (secondary N) is 1. The molecular formula is C18H29N5O. The van der Waals surface area contributed by atoms with E-state index in [1.807, 2.05) is 6.07 Å². The molecule has 1 amide bonds. The predicted molar refractivity (Wildman–Crippen MR) is 94.8 cm³/mol. The summed E-state index contributed by atoms with van der Waals surface area (Å²) >= 11 is 0. The maximum absolute atomic E-state index is 12.8. The molecule has 3 rings (SSSR count). The van der Waals surface area contributed by atoms with Crippen molar-refractivity contribution in [2.45, 2.75) is 39.2 Å². The van der Waals surface area contributed by atoms with Gasteiger partial charge in [0.1, 0.15) is 0 Å². The van der Waals surface area contributed by atoms with E-state index in [1.54, 1.807) is 19.4 Å². The Hall–Kier alpha value is -1.69. The summed E-state index contributed by atoms with van der Waals surface area (Å²) in [5.41, 5.74) is -0.344. The van der Waals surface area contributed by atoms with Crippen LogP contribution in [0.2, 0.25) is 0 Å². The van der Waals surface area contributed by atoms with E-state index >= 15 is 0 Å². The average molecular weight is 331 g/mol. The van der Waals surface area contributed by atoms with E-state index in [0.29, 0.717) is 5.92 Å². The smallest absolute Gasteiger partial charge is 0.229 e. The third kappa shape index (κ3) is 3.11. The van der Waals surface area contributed by atoms with E-state index in [1.165, 1.54) is 6.42 Å². The van der Waals surface area contributed by atoms with Crippen LogP contribution in [0, 0.1) is 11.3 Å². The van der Waals surface area contributed by atoms with Gasteiger partial charge in [0.15, 0.2) is 0 Å². The van der Waals surface area contributed by atoms with E-state index in [2.05, 4.69) is 38.9 Å². The average Bonchev–Trinajstić information content (AvgIpc) is 2.99. The first-order valence-electron chi connectivity index (χ1n) is 9.05. The lowest BCUT2D eigenvalue weighted by Gasteiger charge is -2.44. The van der Waals surface area contributed by atoms with Gasteiger partial charge in [-0.2, -0.15) is 0 Å². The van der Waals surface area contributed by atoms with Crippen LogP contribution < -0.4 is 10.2 Å². The van der Waals surface area contributed by atoms with Gasteiger partial charge >= 0.3 is 0 Å². The lowest BCUT2D eigenvalue weighted by molar-refractivity contribution is -0.131. The SMILES string of the molecule is CNC(=O)[C@@]12CCCN(c3ncccn3)[C@@H]1CN(CCC(C)C)C2. The summed E-state index contributed by atoms with van der Waals surface area (Å²) < 4.78 is 0. The molecule has 2 aliphatic heterocycles. The van der Waals surface area contributed by atoms with Crippen LogP contribution in [-0.4, -0.2) is 60.0 Å². The molecule has 1 aromatic rings. The molecule has 6 heteroatoms. The number of likely N-dealkylation sites (tertiary alicyclic amines) is 1. The molecule has 1 aromatic heterocycles. The van der Waals surface area contributed by atoms with Gasteiger partial charge in [0, 0.05) is 39.1 Å². The Morgan fingerprint density at radius 3 is 2.83 bits per heavy atom. The first kappa shape index (κ1) is 17.1. The number of fused-ring (bicyclic) bond motifs is 1. The van der Waals surface area contributed by atoms with Crippen molar-refractivity contribution in [3.8, 4) is 0 Å². The van der Waals surface area contributed by atoms with Gasteiger partial charge in [-0.05, 0) is 37.8 Å². The summed E-state index contributed by atoms with van der Waals surface area (Å²) in [6.45, 7) is 8.23. The van der Waals surface area contributed by atoms with Crippen molar-refractivity contribution >= 4 is 11.9 Å². The van der Waals surface area contributed by atoms with Gasteiger partial charge in [-0.15, -0.1) is 0 Å². The van der Waals surface area contributed by atoms with Crippen molar-refractivity contribution in [2.75, 3.05) is 38.1 Å². The number of aromatic nitrogens is 2. The molecule has 24 heavy (non-hydrogen) atoms. The van der Waals surface area contributed by atoms with Crippen LogP contribution in [0.3, 0.4) is 0 Å². The van der Waals surface area contributed by atoms with Crippen molar-refractivity contribution in [3.63, 3.8) is 0 Å². The van der Waals surface area contributed by atoms with Gasteiger partial charge in [0.2, 0.25) is 11.9 Å². The normalized spacial score (nSPS) is 27.3. The van der Waals surface area contributed by atoms with Gasteiger partial charge in [0.25, 0.3) is 0 Å². The van der Waals surface area contributed by atoms with Gasteiger partial charge in [-0.3, -0.25) is 4.79 Å². The maximum atomic E-state index is 12.8. The molecule has 0 saturated carbocycles. The Bertz CT molecular complexity index is 564. The largest absolute Gasteiger partial charge is 0.359 e. The molecule has 132 valence electrons. The highest BCUT2D eigenvalue weighted by Gasteiger charge is 2.55. The highest BCUT2D eigenvalue weighted by Crippen LogP contribution is 2.43. The molecule has 2 fully saturated rings. The topological polar surface area (TPSA) is 61.4 Å². The number of nitrogens with zero attached hydrogens (tertiary/aromatic N) is 4. The number of amides is 1. The summed E-state index contributed by atoms with van der Waals surface area (Å²) in [4.78, 5) is 26.4. The summed E-state index contributed by atoms with van der Waals surface area (Å²) in [5.74, 6) is 1.60. The molecule has 1 N–H and O–H groups in total. The molecule has 0 spiro atoms. The Morgan fingerprint density at radius 2 is 2.17 bits per heavy atom. The van der Waals surface area contributed by atoms with Crippen LogP contribution in [-0.2, 0) is 4.79 Å². The Kier molecular flexibility index (Phi) is 5.04. The third-order valence-corrected chi connectivity index (χ3v) is 5.48. The predicted octanol–water partition coefficient (Wildman–Crippen LogP) is 1.54. The first-order valence-corrected chi connectivity index (χ1v) is 9.05. The van der Waals surface area contributed by atoms with Gasteiger partial charge < -0.3 is 15.1 Å². The Labute approximate surface area is 144 Å². The molecule has 0 aliphatic carbocycles. The number of rotatable bonds is 5. The van der Waals surface area contributed by atoms with Gasteiger partial charge in [0.05, 0.1) is 11.5 Å². The third-order valence-electron chi connectivity index (χ3n) is 5.48. The van der Waals surface area contributed by atoms with Crippen molar-refractivity contribution in [1.82, 2.24) is 20.2 Å². The second-order valence-corrected chi connectivity index (χ2v) is 7.51. The van der Waals surface area contributed by atoms with Crippen LogP contribution in [0.25, 0.3) is 0 Å². The molecule has 2 atom stereocenters. The van der Waals surface area contributed by atoms with Crippen LogP contribution in [0.1, 0.15) is 33.1 Å². The van der Waals surface area contributed by atoms with E-state index in [4.69, 9.17) is 0 Å². The number of carbonyl (C=O) groups is 1. The number of piperidine rings is 1. The minimum Gasteiger partial charge on any atom is -0.359 e. The van der Waals surface area contributed by atoms with Crippen LogP contribution in [0.5, 0.6) is 0 Å². The number of anilines is 1. The molecule has 3 heterocycles. The van der Waals surface area contributed by atoms with Crippen molar-refractivity contribution < 1.29 is 4.79 Å². The second kappa shape index (κ2) is 7.05. The lowest BCUT2D eigenvalue weighted by Crippen LogP contribution is -2.58. The van der Waals surface area contributed by atoms with E-state index in [-0.39, 0.29) is 17.4 Å². The fourth-order valence-corrected chi connectivity index (χ4v) is 4.23. The fraction of sp³-hybridized carbons (Fsp3) is 0.722. The molecule has 0 radical (unpaired) electrons. The van der Waals surface area contributed by atoms with E-state index in [0.717, 1.165) is 45.0 Å². The van der Waals surface area contributed by atoms with Gasteiger partial charge in [-0.1, -0.05) is 13.8 Å². The van der Waals surface area contributed by atoms with Crippen LogP contribution in [0.4, 0.5) is 5.95 Å². The highest BCUT2D eigenvalue weighted by molar-refractivity contribution is 5.85. The summed E-state index contributed by atoms with van der Waals surface area (Å²) in [7, 11) is 1.75. The molecule has 6 nitrogen and oxygen atoms in total. The van der Waals surface area contributed by atoms with Crippen molar-refractivity contribution in [2.24, 2.45) is 11.3 Å². The van der Waals surface area contributed by atoms with Gasteiger partial charge in [-0.25, -0.2) is 9.97 Å².